The molecule has 0 unspecified atom stereocenters. The first-order chi connectivity index (χ1) is 9.09. The zero-order valence-corrected chi connectivity index (χ0v) is 11.5. The fourth-order valence-corrected chi connectivity index (χ4v) is 2.81. The molecule has 0 aliphatic carbocycles. The number of nitrogens with zero attached hydrogens (tertiary/aromatic N) is 3. The van der Waals surface area contributed by atoms with Crippen LogP contribution < -0.4 is 4.72 Å². The molecule has 0 saturated heterocycles. The van der Waals surface area contributed by atoms with Gasteiger partial charge < -0.3 is 0 Å². The first kappa shape index (κ1) is 13.5. The molecule has 0 fully saturated rings. The Hall–Kier alpha value is -1.89. The number of rotatable bonds is 6. The molecule has 2 rings (SSSR count). The largest absolute Gasteiger partial charge is 0.284 e. The highest BCUT2D eigenvalue weighted by atomic mass is 32.2. The maximum absolute atomic E-state index is 11.6. The van der Waals surface area contributed by atoms with Crippen molar-refractivity contribution in [2.24, 2.45) is 0 Å². The number of aromatic nitrogens is 3. The zero-order chi connectivity index (χ0) is 13.7. The monoisotopic (exact) mass is 280 g/mol. The van der Waals surface area contributed by atoms with E-state index in [2.05, 4.69) is 14.8 Å². The average Bonchev–Trinajstić information content (AvgIpc) is 2.84. The molecule has 102 valence electrons. The Morgan fingerprint density at radius 3 is 2.58 bits per heavy atom. The SMILES string of the molecule is CCCS(=O)(=O)Nc1ccc(Cn2cncn2)cc1. The standard InChI is InChI=1S/C12H16N4O2S/c1-2-7-19(17,18)15-12-5-3-11(4-6-12)8-16-10-13-9-14-16/h3-6,9-10,15H,2,7-8H2,1H3. The molecule has 7 heteroatoms. The van der Waals surface area contributed by atoms with Crippen LogP contribution in [0, 0.1) is 0 Å². The van der Waals surface area contributed by atoms with Gasteiger partial charge >= 0.3 is 0 Å². The van der Waals surface area contributed by atoms with Gasteiger partial charge in [-0.15, -0.1) is 0 Å². The second kappa shape index (κ2) is 5.83. The van der Waals surface area contributed by atoms with Crippen molar-refractivity contribution < 1.29 is 8.42 Å². The van der Waals surface area contributed by atoms with Gasteiger partial charge in [0.25, 0.3) is 0 Å². The molecule has 0 aliphatic rings. The van der Waals surface area contributed by atoms with Gasteiger partial charge in [-0.2, -0.15) is 5.10 Å². The minimum atomic E-state index is -3.23. The zero-order valence-electron chi connectivity index (χ0n) is 10.7. The Labute approximate surface area is 112 Å². The smallest absolute Gasteiger partial charge is 0.232 e. The van der Waals surface area contributed by atoms with Crippen molar-refractivity contribution in [1.82, 2.24) is 14.8 Å². The summed E-state index contributed by atoms with van der Waals surface area (Å²) in [6.07, 6.45) is 3.71. The first-order valence-electron chi connectivity index (χ1n) is 6.01. The Morgan fingerprint density at radius 2 is 2.00 bits per heavy atom. The van der Waals surface area contributed by atoms with E-state index in [0.717, 1.165) is 5.56 Å². The summed E-state index contributed by atoms with van der Waals surface area (Å²) < 4.78 is 27.5. The maximum atomic E-state index is 11.6. The molecule has 0 aliphatic heterocycles. The molecule has 19 heavy (non-hydrogen) atoms. The van der Waals surface area contributed by atoms with E-state index in [1.807, 2.05) is 19.1 Å². The van der Waals surface area contributed by atoms with E-state index in [1.54, 1.807) is 23.1 Å². The van der Waals surface area contributed by atoms with Crippen molar-refractivity contribution in [2.75, 3.05) is 10.5 Å². The molecule has 0 atom stereocenters. The summed E-state index contributed by atoms with van der Waals surface area (Å²) in [6, 6.07) is 7.23. The van der Waals surface area contributed by atoms with Crippen LogP contribution >= 0.6 is 0 Å². The van der Waals surface area contributed by atoms with E-state index in [4.69, 9.17) is 0 Å². The molecule has 0 saturated carbocycles. The van der Waals surface area contributed by atoms with Gasteiger partial charge in [0, 0.05) is 5.69 Å². The number of hydrogen-bond donors (Lipinski definition) is 1. The summed E-state index contributed by atoms with van der Waals surface area (Å²) in [5.74, 6) is 0.133. The second-order valence-corrected chi connectivity index (χ2v) is 6.05. The molecule has 1 aromatic carbocycles. The van der Waals surface area contributed by atoms with Gasteiger partial charge in [-0.05, 0) is 24.1 Å². The van der Waals surface area contributed by atoms with E-state index < -0.39 is 10.0 Å². The van der Waals surface area contributed by atoms with Crippen molar-refractivity contribution in [1.29, 1.82) is 0 Å². The molecule has 2 aromatic rings. The molecule has 0 bridgehead atoms. The summed E-state index contributed by atoms with van der Waals surface area (Å²) in [5.41, 5.74) is 1.61. The van der Waals surface area contributed by atoms with Gasteiger partial charge in [-0.3, -0.25) is 4.72 Å². The number of benzene rings is 1. The molecule has 0 spiro atoms. The van der Waals surface area contributed by atoms with Crippen LogP contribution in [0.15, 0.2) is 36.9 Å². The van der Waals surface area contributed by atoms with Crippen LogP contribution in [-0.4, -0.2) is 28.9 Å². The van der Waals surface area contributed by atoms with Crippen LogP contribution in [0.5, 0.6) is 0 Å². The highest BCUT2D eigenvalue weighted by Crippen LogP contribution is 2.12. The van der Waals surface area contributed by atoms with E-state index in [9.17, 15) is 8.42 Å². The predicted octanol–water partition coefficient (Wildman–Crippen LogP) is 1.48. The van der Waals surface area contributed by atoms with Gasteiger partial charge in [-0.25, -0.2) is 18.1 Å². The van der Waals surface area contributed by atoms with Gasteiger partial charge in [-0.1, -0.05) is 19.1 Å². The molecule has 0 amide bonds. The Morgan fingerprint density at radius 1 is 1.26 bits per heavy atom. The summed E-state index contributed by atoms with van der Waals surface area (Å²) in [7, 11) is -3.23. The molecule has 0 radical (unpaired) electrons. The lowest BCUT2D eigenvalue weighted by Gasteiger charge is -2.08. The lowest BCUT2D eigenvalue weighted by molar-refractivity contribution is 0.600. The van der Waals surface area contributed by atoms with E-state index in [0.29, 0.717) is 18.7 Å². The minimum absolute atomic E-state index is 0.133. The highest BCUT2D eigenvalue weighted by molar-refractivity contribution is 7.92. The van der Waals surface area contributed by atoms with Crippen LogP contribution in [0.3, 0.4) is 0 Å². The van der Waals surface area contributed by atoms with Gasteiger partial charge in [0.2, 0.25) is 10.0 Å². The quantitative estimate of drug-likeness (QED) is 0.869. The third kappa shape index (κ3) is 4.06. The number of hydrogen-bond acceptors (Lipinski definition) is 4. The normalized spacial score (nSPS) is 11.4. The minimum Gasteiger partial charge on any atom is -0.284 e. The predicted molar refractivity (Wildman–Crippen MR) is 73.3 cm³/mol. The molecular weight excluding hydrogens is 264 g/mol. The lowest BCUT2D eigenvalue weighted by atomic mass is 10.2. The average molecular weight is 280 g/mol. The van der Waals surface area contributed by atoms with Gasteiger partial charge in [0.15, 0.2) is 0 Å². The molecular formula is C12H16N4O2S. The first-order valence-corrected chi connectivity index (χ1v) is 7.66. The fraction of sp³-hybridized carbons (Fsp3) is 0.333. The molecule has 1 aromatic heterocycles. The third-order valence-corrected chi connectivity index (χ3v) is 4.00. The molecule has 6 nitrogen and oxygen atoms in total. The van der Waals surface area contributed by atoms with Crippen LogP contribution in [-0.2, 0) is 16.6 Å². The molecule has 1 heterocycles. The van der Waals surface area contributed by atoms with Gasteiger partial charge in [0.1, 0.15) is 12.7 Å². The van der Waals surface area contributed by atoms with Crippen LogP contribution in [0.1, 0.15) is 18.9 Å². The van der Waals surface area contributed by atoms with Crippen LogP contribution in [0.4, 0.5) is 5.69 Å². The summed E-state index contributed by atoms with van der Waals surface area (Å²) in [4.78, 5) is 3.87. The fourth-order valence-electron chi connectivity index (χ4n) is 1.68. The lowest BCUT2D eigenvalue weighted by Crippen LogP contribution is -2.16. The van der Waals surface area contributed by atoms with E-state index in [1.165, 1.54) is 6.33 Å². The second-order valence-electron chi connectivity index (χ2n) is 4.21. The Bertz CT molecular complexity index is 606. The van der Waals surface area contributed by atoms with Crippen molar-refractivity contribution in [3.8, 4) is 0 Å². The summed E-state index contributed by atoms with van der Waals surface area (Å²) in [6.45, 7) is 2.45. The van der Waals surface area contributed by atoms with Crippen molar-refractivity contribution >= 4 is 15.7 Å². The van der Waals surface area contributed by atoms with Crippen molar-refractivity contribution in [2.45, 2.75) is 19.9 Å². The summed E-state index contributed by atoms with van der Waals surface area (Å²) >= 11 is 0. The van der Waals surface area contributed by atoms with Crippen molar-refractivity contribution in [3.05, 3.63) is 42.5 Å². The van der Waals surface area contributed by atoms with Crippen LogP contribution in [0.2, 0.25) is 0 Å². The van der Waals surface area contributed by atoms with Crippen LogP contribution in [0.25, 0.3) is 0 Å². The Balaban J connectivity index is 2.02. The number of sulfonamides is 1. The van der Waals surface area contributed by atoms with E-state index >= 15 is 0 Å². The van der Waals surface area contributed by atoms with Gasteiger partial charge in [0.05, 0.1) is 12.3 Å². The number of anilines is 1. The number of nitrogens with one attached hydrogen (secondary N) is 1. The van der Waals surface area contributed by atoms with Crippen molar-refractivity contribution in [3.63, 3.8) is 0 Å². The van der Waals surface area contributed by atoms with E-state index in [-0.39, 0.29) is 5.75 Å². The third-order valence-electron chi connectivity index (χ3n) is 2.51. The topological polar surface area (TPSA) is 76.9 Å². The summed E-state index contributed by atoms with van der Waals surface area (Å²) in [5, 5.41) is 4.01. The molecule has 1 N–H and O–H groups in total. The maximum Gasteiger partial charge on any atom is 0.232 e. The Kier molecular flexibility index (Phi) is 4.16. The highest BCUT2D eigenvalue weighted by Gasteiger charge is 2.08.